The molecule has 2 amide bonds. The molecule has 1 aromatic heterocycles. The molecule has 0 saturated heterocycles. The van der Waals surface area contributed by atoms with Crippen LogP contribution in [0.4, 0.5) is 5.69 Å². The topological polar surface area (TPSA) is 84.2 Å². The highest BCUT2D eigenvalue weighted by molar-refractivity contribution is 7.12. The van der Waals surface area contributed by atoms with E-state index in [0.717, 1.165) is 19.4 Å². The highest BCUT2D eigenvalue weighted by atomic mass is 35.5. The average Bonchev–Trinajstić information content (AvgIpc) is 3.21. The Kier molecular flexibility index (Phi) is 6.88. The number of hydrogen-bond acceptors (Lipinski definition) is 4. The average molecular weight is 406 g/mol. The summed E-state index contributed by atoms with van der Waals surface area (Å²) >= 11 is 7.64. The Morgan fingerprint density at radius 2 is 2.00 bits per heavy atom. The van der Waals surface area contributed by atoms with Crippen molar-refractivity contribution in [3.05, 3.63) is 51.2 Å². The van der Waals surface area contributed by atoms with E-state index in [1.807, 2.05) is 11.4 Å². The molecule has 1 heterocycles. The van der Waals surface area contributed by atoms with Crippen LogP contribution < -0.4 is 16.4 Å². The van der Waals surface area contributed by atoms with Gasteiger partial charge in [-0.25, -0.2) is 0 Å². The summed E-state index contributed by atoms with van der Waals surface area (Å²) in [4.78, 5) is 25.2. The summed E-state index contributed by atoms with van der Waals surface area (Å²) in [6, 6.07) is 8.52. The van der Waals surface area contributed by atoms with Crippen molar-refractivity contribution >= 4 is 40.4 Å². The van der Waals surface area contributed by atoms with E-state index in [9.17, 15) is 9.59 Å². The van der Waals surface area contributed by atoms with Gasteiger partial charge in [0, 0.05) is 12.2 Å². The third kappa shape index (κ3) is 5.31. The fourth-order valence-corrected chi connectivity index (χ4v) is 4.40. The van der Waals surface area contributed by atoms with Gasteiger partial charge in [-0.15, -0.1) is 11.3 Å². The molecular weight excluding hydrogens is 382 g/mol. The lowest BCUT2D eigenvalue weighted by Crippen LogP contribution is -2.33. The summed E-state index contributed by atoms with van der Waals surface area (Å²) < 4.78 is 0. The van der Waals surface area contributed by atoms with E-state index in [0.29, 0.717) is 39.5 Å². The molecule has 2 unspecified atom stereocenters. The predicted molar refractivity (Wildman–Crippen MR) is 111 cm³/mol. The molecule has 3 rings (SSSR count). The van der Waals surface area contributed by atoms with E-state index in [1.54, 1.807) is 24.3 Å². The highest BCUT2D eigenvalue weighted by Crippen LogP contribution is 2.28. The third-order valence-electron chi connectivity index (χ3n) is 4.99. The Balaban J connectivity index is 1.56. The monoisotopic (exact) mass is 405 g/mol. The Bertz CT molecular complexity index is 795. The first-order valence-corrected chi connectivity index (χ1v) is 10.4. The van der Waals surface area contributed by atoms with E-state index < -0.39 is 0 Å². The summed E-state index contributed by atoms with van der Waals surface area (Å²) in [5.74, 6) is 0.658. The van der Waals surface area contributed by atoms with Crippen LogP contribution >= 0.6 is 22.9 Å². The summed E-state index contributed by atoms with van der Waals surface area (Å²) in [5, 5.41) is 7.94. The number of carbonyl (C=O) groups excluding carboxylic acids is 2. The van der Waals surface area contributed by atoms with Crippen LogP contribution in [0.25, 0.3) is 0 Å². The number of rotatable bonds is 6. The lowest BCUT2D eigenvalue weighted by atomic mass is 9.81. The number of anilines is 1. The zero-order valence-corrected chi connectivity index (χ0v) is 16.6. The van der Waals surface area contributed by atoms with Crippen molar-refractivity contribution in [2.75, 3.05) is 18.4 Å². The fraction of sp³-hybridized carbons (Fsp3) is 0.400. The van der Waals surface area contributed by atoms with Gasteiger partial charge in [-0.05, 0) is 67.3 Å². The molecule has 2 aromatic rings. The first kappa shape index (κ1) is 19.9. The number of halogens is 1. The molecule has 0 bridgehead atoms. The number of hydrogen-bond donors (Lipinski definition) is 3. The van der Waals surface area contributed by atoms with Gasteiger partial charge in [0.05, 0.1) is 15.5 Å². The molecule has 0 radical (unpaired) electrons. The number of nitrogens with two attached hydrogens (primary N) is 1. The minimum absolute atomic E-state index is 0.189. The van der Waals surface area contributed by atoms with Crippen LogP contribution in [0.2, 0.25) is 5.02 Å². The molecule has 1 fully saturated rings. The molecule has 5 nitrogen and oxygen atoms in total. The quantitative estimate of drug-likeness (QED) is 0.674. The van der Waals surface area contributed by atoms with Crippen LogP contribution in [0.15, 0.2) is 35.7 Å². The van der Waals surface area contributed by atoms with Gasteiger partial charge in [-0.1, -0.05) is 24.1 Å². The third-order valence-corrected chi connectivity index (χ3v) is 6.17. The van der Waals surface area contributed by atoms with Crippen LogP contribution in [-0.4, -0.2) is 24.9 Å². The highest BCUT2D eigenvalue weighted by Gasteiger charge is 2.22. The maximum atomic E-state index is 12.5. The predicted octanol–water partition coefficient (Wildman–Crippen LogP) is 4.15. The van der Waals surface area contributed by atoms with Crippen LogP contribution in [0.5, 0.6) is 0 Å². The molecule has 0 aliphatic heterocycles. The maximum Gasteiger partial charge on any atom is 0.265 e. The molecule has 0 spiro atoms. The van der Waals surface area contributed by atoms with Gasteiger partial charge in [0.25, 0.3) is 11.8 Å². The van der Waals surface area contributed by atoms with E-state index in [-0.39, 0.29) is 11.8 Å². The van der Waals surface area contributed by atoms with Gasteiger partial charge in [0.1, 0.15) is 0 Å². The van der Waals surface area contributed by atoms with Gasteiger partial charge in [-0.2, -0.15) is 0 Å². The van der Waals surface area contributed by atoms with Crippen molar-refractivity contribution in [3.8, 4) is 0 Å². The summed E-state index contributed by atoms with van der Waals surface area (Å²) in [6.45, 7) is 1.36. The summed E-state index contributed by atoms with van der Waals surface area (Å²) in [6.07, 6.45) is 4.55. The molecule has 1 aromatic carbocycles. The zero-order chi connectivity index (χ0) is 19.2. The Hall–Kier alpha value is -1.89. The second-order valence-electron chi connectivity index (χ2n) is 6.97. The van der Waals surface area contributed by atoms with E-state index >= 15 is 0 Å². The number of carbonyl (C=O) groups is 2. The fourth-order valence-electron chi connectivity index (χ4n) is 3.51. The molecule has 7 heteroatoms. The van der Waals surface area contributed by atoms with Gasteiger partial charge in [-0.3, -0.25) is 9.59 Å². The van der Waals surface area contributed by atoms with Crippen LogP contribution in [0.1, 0.15) is 45.7 Å². The van der Waals surface area contributed by atoms with Gasteiger partial charge < -0.3 is 16.4 Å². The van der Waals surface area contributed by atoms with E-state index in [4.69, 9.17) is 17.3 Å². The second kappa shape index (κ2) is 9.35. The van der Waals surface area contributed by atoms with Crippen molar-refractivity contribution < 1.29 is 9.59 Å². The van der Waals surface area contributed by atoms with Gasteiger partial charge in [0.15, 0.2) is 0 Å². The van der Waals surface area contributed by atoms with Gasteiger partial charge in [0.2, 0.25) is 0 Å². The zero-order valence-electron chi connectivity index (χ0n) is 15.0. The molecule has 1 aliphatic rings. The molecule has 144 valence electrons. The maximum absolute atomic E-state index is 12.5. The lowest BCUT2D eigenvalue weighted by molar-refractivity contribution is 0.0940. The minimum atomic E-state index is -0.190. The normalized spacial score (nSPS) is 19.5. The van der Waals surface area contributed by atoms with E-state index in [2.05, 4.69) is 10.6 Å². The van der Waals surface area contributed by atoms with Gasteiger partial charge >= 0.3 is 0 Å². The second-order valence-corrected chi connectivity index (χ2v) is 8.33. The summed E-state index contributed by atoms with van der Waals surface area (Å²) in [7, 11) is 0. The molecule has 4 N–H and O–H groups in total. The number of amides is 2. The Morgan fingerprint density at radius 3 is 2.70 bits per heavy atom. The number of benzene rings is 1. The first-order chi connectivity index (χ1) is 13.1. The minimum Gasteiger partial charge on any atom is -0.352 e. The Labute approximate surface area is 168 Å². The lowest BCUT2D eigenvalue weighted by Gasteiger charge is -2.28. The van der Waals surface area contributed by atoms with E-state index in [1.165, 1.54) is 24.2 Å². The molecule has 1 aliphatic carbocycles. The smallest absolute Gasteiger partial charge is 0.265 e. The Morgan fingerprint density at radius 1 is 1.19 bits per heavy atom. The van der Waals surface area contributed by atoms with Crippen molar-refractivity contribution in [1.82, 2.24) is 5.32 Å². The number of thiophene rings is 1. The van der Waals surface area contributed by atoms with Crippen LogP contribution in [0, 0.1) is 11.8 Å². The molecule has 1 saturated carbocycles. The largest absolute Gasteiger partial charge is 0.352 e. The van der Waals surface area contributed by atoms with Crippen molar-refractivity contribution in [3.63, 3.8) is 0 Å². The van der Waals surface area contributed by atoms with Crippen molar-refractivity contribution in [1.29, 1.82) is 0 Å². The molecule has 2 atom stereocenters. The van der Waals surface area contributed by atoms with Crippen LogP contribution in [0.3, 0.4) is 0 Å². The summed E-state index contributed by atoms with van der Waals surface area (Å²) in [5.41, 5.74) is 6.75. The standard InChI is InChI=1S/C20H24ClN3O2S/c21-17-10-15(24-20(26)18-5-2-8-27-18)6-7-16(17)19(25)23-12-14-4-1-3-13(9-14)11-22/h2,5-8,10,13-14H,1,3-4,9,11-12,22H2,(H,23,25)(H,24,26). The SMILES string of the molecule is NCC1CCCC(CNC(=O)c2ccc(NC(=O)c3cccs3)cc2Cl)C1. The first-order valence-electron chi connectivity index (χ1n) is 9.19. The molecule has 27 heavy (non-hydrogen) atoms. The molecular formula is C20H24ClN3O2S. The van der Waals surface area contributed by atoms with Crippen LogP contribution in [-0.2, 0) is 0 Å². The van der Waals surface area contributed by atoms with Crippen molar-refractivity contribution in [2.45, 2.75) is 25.7 Å². The van der Waals surface area contributed by atoms with Crippen molar-refractivity contribution in [2.24, 2.45) is 17.6 Å². The number of nitrogens with one attached hydrogen (secondary N) is 2.